The number of benzene rings is 3. The van der Waals surface area contributed by atoms with E-state index in [1.807, 2.05) is 42.5 Å². The molecule has 0 atom stereocenters. The molecule has 0 bridgehead atoms. The van der Waals surface area contributed by atoms with Crippen molar-refractivity contribution < 1.29 is 9.31 Å². The van der Waals surface area contributed by atoms with Gasteiger partial charge < -0.3 is 0 Å². The van der Waals surface area contributed by atoms with E-state index in [2.05, 4.69) is 0 Å². The highest BCUT2D eigenvalue weighted by Crippen LogP contribution is 2.32. The zero-order chi connectivity index (χ0) is 14.8. The molecule has 0 spiro atoms. The molecule has 0 aliphatic carbocycles. The molecule has 0 radical (unpaired) electrons. The Hall–Kier alpha value is -2.40. The van der Waals surface area contributed by atoms with Crippen molar-refractivity contribution in [3.8, 4) is 0 Å². The molecule has 3 nitrogen and oxygen atoms in total. The molecule has 0 fully saturated rings. The quantitative estimate of drug-likeness (QED) is 0.502. The Morgan fingerprint density at radius 1 is 0.905 bits per heavy atom. The summed E-state index contributed by atoms with van der Waals surface area (Å²) in [6.45, 7) is 0. The van der Waals surface area contributed by atoms with Gasteiger partial charge in [-0.05, 0) is 29.0 Å². The van der Waals surface area contributed by atoms with Crippen LogP contribution in [0.2, 0.25) is 0 Å². The lowest BCUT2D eigenvalue weighted by Gasteiger charge is -2.04. The lowest BCUT2D eigenvalue weighted by atomic mass is 10.1. The zero-order valence-electron chi connectivity index (χ0n) is 10.8. The predicted molar refractivity (Wildman–Crippen MR) is 81.1 cm³/mol. The van der Waals surface area contributed by atoms with Crippen molar-refractivity contribution in [2.75, 3.05) is 0 Å². The van der Waals surface area contributed by atoms with E-state index in [9.17, 15) is 14.5 Å². The number of rotatable bonds is 3. The third kappa shape index (κ3) is 3.03. The highest BCUT2D eigenvalue weighted by atomic mass is 32.2. The molecule has 0 aliphatic heterocycles. The van der Waals surface area contributed by atoms with Gasteiger partial charge >= 0.3 is 0 Å². The fraction of sp³-hybridized carbons (Fsp3) is 0. The van der Waals surface area contributed by atoms with Crippen molar-refractivity contribution in [1.29, 1.82) is 0 Å². The van der Waals surface area contributed by atoms with Gasteiger partial charge in [0.05, 0.1) is 11.0 Å². The minimum Gasteiger partial charge on any atom is -0.258 e. The maximum absolute atomic E-state index is 13.4. The van der Waals surface area contributed by atoms with E-state index >= 15 is 0 Å². The number of halogens is 1. The Morgan fingerprint density at radius 3 is 2.43 bits per heavy atom. The molecule has 0 saturated carbocycles. The molecule has 3 rings (SSSR count). The topological polar surface area (TPSA) is 43.1 Å². The van der Waals surface area contributed by atoms with Crippen LogP contribution in [0.4, 0.5) is 10.1 Å². The van der Waals surface area contributed by atoms with E-state index in [1.165, 1.54) is 23.9 Å². The van der Waals surface area contributed by atoms with Gasteiger partial charge in [0, 0.05) is 15.9 Å². The lowest BCUT2D eigenvalue weighted by Crippen LogP contribution is -1.89. The Labute approximate surface area is 124 Å². The summed E-state index contributed by atoms with van der Waals surface area (Å²) in [4.78, 5) is 11.6. The van der Waals surface area contributed by atoms with Gasteiger partial charge in [-0.2, -0.15) is 0 Å². The van der Waals surface area contributed by atoms with Crippen LogP contribution in [-0.4, -0.2) is 4.92 Å². The summed E-state index contributed by atoms with van der Waals surface area (Å²) in [5.41, 5.74) is -0.238. The van der Waals surface area contributed by atoms with Gasteiger partial charge in [0.15, 0.2) is 0 Å². The third-order valence-electron chi connectivity index (χ3n) is 3.02. The average molecular weight is 299 g/mol. The van der Waals surface area contributed by atoms with Crippen LogP contribution in [0, 0.1) is 15.9 Å². The lowest BCUT2D eigenvalue weighted by molar-refractivity contribution is -0.385. The summed E-state index contributed by atoms with van der Waals surface area (Å²) in [5, 5.41) is 13.0. The number of hydrogen-bond donors (Lipinski definition) is 0. The van der Waals surface area contributed by atoms with Gasteiger partial charge in [-0.15, -0.1) is 0 Å². The van der Waals surface area contributed by atoms with Crippen LogP contribution in [0.25, 0.3) is 10.8 Å². The van der Waals surface area contributed by atoms with Gasteiger partial charge in [0.25, 0.3) is 5.69 Å². The summed E-state index contributed by atoms with van der Waals surface area (Å²) in [6, 6.07) is 17.4. The Morgan fingerprint density at radius 2 is 1.67 bits per heavy atom. The second-order valence-electron chi connectivity index (χ2n) is 4.51. The van der Waals surface area contributed by atoms with Gasteiger partial charge in [-0.3, -0.25) is 10.1 Å². The molecule has 5 heteroatoms. The van der Waals surface area contributed by atoms with Gasteiger partial charge in [-0.25, -0.2) is 4.39 Å². The molecule has 21 heavy (non-hydrogen) atoms. The van der Waals surface area contributed by atoms with Crippen molar-refractivity contribution in [2.24, 2.45) is 0 Å². The molecule has 0 amide bonds. The highest BCUT2D eigenvalue weighted by Gasteiger charge is 2.10. The summed E-state index contributed by atoms with van der Waals surface area (Å²) < 4.78 is 13.4. The minimum absolute atomic E-state index is 0.238. The zero-order valence-corrected chi connectivity index (χ0v) is 11.6. The van der Waals surface area contributed by atoms with Gasteiger partial charge in [0.1, 0.15) is 5.82 Å². The largest absolute Gasteiger partial charge is 0.273 e. The number of non-ortho nitro benzene ring substituents is 1. The second-order valence-corrected chi connectivity index (χ2v) is 5.66. The second kappa shape index (κ2) is 5.54. The monoisotopic (exact) mass is 299 g/mol. The van der Waals surface area contributed by atoms with Gasteiger partial charge in [-0.1, -0.05) is 42.1 Å². The molecule has 0 N–H and O–H groups in total. The first kappa shape index (κ1) is 13.6. The first-order chi connectivity index (χ1) is 10.1. The van der Waals surface area contributed by atoms with E-state index in [-0.39, 0.29) is 5.69 Å². The third-order valence-corrected chi connectivity index (χ3v) is 3.98. The number of fused-ring (bicyclic) bond motifs is 1. The SMILES string of the molecule is O=[N+]([O-])c1cc(F)cc(Sc2ccc3ccccc3c2)c1. The van der Waals surface area contributed by atoms with E-state index < -0.39 is 10.7 Å². The Balaban J connectivity index is 1.96. The van der Waals surface area contributed by atoms with E-state index in [1.54, 1.807) is 0 Å². The van der Waals surface area contributed by atoms with Crippen LogP contribution < -0.4 is 0 Å². The highest BCUT2D eigenvalue weighted by molar-refractivity contribution is 7.99. The normalized spacial score (nSPS) is 10.7. The fourth-order valence-electron chi connectivity index (χ4n) is 2.08. The van der Waals surface area contributed by atoms with Crippen molar-refractivity contribution in [1.82, 2.24) is 0 Å². The molecule has 0 heterocycles. The summed E-state index contributed by atoms with van der Waals surface area (Å²) in [5.74, 6) is -0.604. The smallest absolute Gasteiger partial charge is 0.258 e. The Bertz CT molecular complexity index is 835. The predicted octanol–water partition coefficient (Wildman–Crippen LogP) is 5.04. The van der Waals surface area contributed by atoms with Crippen LogP contribution in [0.3, 0.4) is 0 Å². The Kier molecular flexibility index (Phi) is 3.58. The number of hydrogen-bond acceptors (Lipinski definition) is 3. The maximum Gasteiger partial charge on any atom is 0.273 e. The first-order valence-corrected chi connectivity index (χ1v) is 7.05. The van der Waals surface area contributed by atoms with Crippen LogP contribution in [0.5, 0.6) is 0 Å². The first-order valence-electron chi connectivity index (χ1n) is 6.23. The van der Waals surface area contributed by atoms with E-state index in [0.29, 0.717) is 4.90 Å². The minimum atomic E-state index is -0.604. The number of nitro groups is 1. The number of nitro benzene ring substituents is 1. The molecule has 3 aromatic rings. The number of nitrogens with zero attached hydrogens (tertiary/aromatic N) is 1. The summed E-state index contributed by atoms with van der Waals surface area (Å²) in [7, 11) is 0. The maximum atomic E-state index is 13.4. The van der Waals surface area contributed by atoms with Crippen molar-refractivity contribution in [3.63, 3.8) is 0 Å². The molecule has 0 aliphatic rings. The molecule has 3 aromatic carbocycles. The molecular formula is C16H10FNO2S. The molecule has 104 valence electrons. The fourth-order valence-corrected chi connectivity index (χ4v) is 3.02. The van der Waals surface area contributed by atoms with Crippen LogP contribution in [0.15, 0.2) is 70.5 Å². The van der Waals surface area contributed by atoms with Crippen LogP contribution >= 0.6 is 11.8 Å². The van der Waals surface area contributed by atoms with Crippen molar-refractivity contribution in [3.05, 3.63) is 76.6 Å². The summed E-state index contributed by atoms with van der Waals surface area (Å²) >= 11 is 1.30. The molecule has 0 saturated heterocycles. The van der Waals surface area contributed by atoms with Crippen molar-refractivity contribution in [2.45, 2.75) is 9.79 Å². The van der Waals surface area contributed by atoms with E-state index in [4.69, 9.17) is 0 Å². The van der Waals surface area contributed by atoms with Crippen LogP contribution in [-0.2, 0) is 0 Å². The average Bonchev–Trinajstić information content (AvgIpc) is 2.46. The molecular weight excluding hydrogens is 289 g/mol. The molecule has 0 aromatic heterocycles. The van der Waals surface area contributed by atoms with Gasteiger partial charge in [0.2, 0.25) is 0 Å². The van der Waals surface area contributed by atoms with Crippen molar-refractivity contribution >= 4 is 28.2 Å². The van der Waals surface area contributed by atoms with Crippen LogP contribution in [0.1, 0.15) is 0 Å². The molecule has 0 unspecified atom stereocenters. The summed E-state index contributed by atoms with van der Waals surface area (Å²) in [6.07, 6.45) is 0. The van der Waals surface area contributed by atoms with E-state index in [0.717, 1.165) is 21.7 Å². The standard InChI is InChI=1S/C16H10FNO2S/c17-13-8-14(18(19)20)10-16(9-13)21-15-6-5-11-3-1-2-4-12(11)7-15/h1-10H.